The summed E-state index contributed by atoms with van der Waals surface area (Å²) in [7, 11) is 0. The number of hydrogen-bond acceptors (Lipinski definition) is 3. The van der Waals surface area contributed by atoms with Gasteiger partial charge in [0.1, 0.15) is 0 Å². The lowest BCUT2D eigenvalue weighted by Crippen LogP contribution is -2.17. The minimum absolute atomic E-state index is 0.190. The van der Waals surface area contributed by atoms with Crippen LogP contribution in [0, 0.1) is 6.92 Å². The fourth-order valence-corrected chi connectivity index (χ4v) is 2.63. The van der Waals surface area contributed by atoms with Gasteiger partial charge in [-0.25, -0.2) is 0 Å². The van der Waals surface area contributed by atoms with Crippen LogP contribution in [0.5, 0.6) is 0 Å². The molecule has 0 bridgehead atoms. The van der Waals surface area contributed by atoms with E-state index >= 15 is 0 Å². The van der Waals surface area contributed by atoms with Crippen LogP contribution >= 0.6 is 15.9 Å². The van der Waals surface area contributed by atoms with Crippen molar-refractivity contribution in [1.29, 1.82) is 0 Å². The first kappa shape index (κ1) is 12.9. The second kappa shape index (κ2) is 4.76. The molecule has 0 unspecified atom stereocenters. The molecule has 0 atom stereocenters. The van der Waals surface area contributed by atoms with E-state index in [-0.39, 0.29) is 11.5 Å². The number of aromatic nitrogens is 2. The smallest absolute Gasteiger partial charge is 0.282 e. The van der Waals surface area contributed by atoms with E-state index in [0.717, 1.165) is 21.1 Å². The number of nitrogen functional groups attached to an aromatic ring is 1. The van der Waals surface area contributed by atoms with Gasteiger partial charge < -0.3 is 5.73 Å². The Morgan fingerprint density at radius 3 is 2.75 bits per heavy atom. The van der Waals surface area contributed by atoms with Crippen LogP contribution < -0.4 is 11.3 Å². The monoisotopic (exact) mass is 329 g/mol. The largest absolute Gasteiger partial charge is 0.369 e. The summed E-state index contributed by atoms with van der Waals surface area (Å²) < 4.78 is 2.60. The van der Waals surface area contributed by atoms with E-state index in [2.05, 4.69) is 20.9 Å². The van der Waals surface area contributed by atoms with Crippen LogP contribution in [0.3, 0.4) is 0 Å². The highest BCUT2D eigenvalue weighted by Crippen LogP contribution is 2.26. The van der Waals surface area contributed by atoms with Crippen molar-refractivity contribution in [2.45, 2.75) is 6.92 Å². The van der Waals surface area contributed by atoms with E-state index < -0.39 is 0 Å². The van der Waals surface area contributed by atoms with Gasteiger partial charge in [-0.05, 0) is 30.2 Å². The molecule has 0 amide bonds. The molecule has 2 aromatic heterocycles. The second-order valence-electron chi connectivity index (χ2n) is 4.57. The Hall–Kier alpha value is -2.14. The number of pyridine rings is 1. The number of nitrogens with two attached hydrogens (primary N) is 1. The molecule has 0 saturated carbocycles. The minimum Gasteiger partial charge on any atom is -0.369 e. The first-order valence-corrected chi connectivity index (χ1v) is 6.90. The van der Waals surface area contributed by atoms with Gasteiger partial charge in [0.15, 0.2) is 0 Å². The normalized spacial score (nSPS) is 10.9. The van der Waals surface area contributed by atoms with E-state index in [1.54, 1.807) is 10.6 Å². The lowest BCUT2D eigenvalue weighted by atomic mass is 10.0. The van der Waals surface area contributed by atoms with E-state index in [0.29, 0.717) is 5.56 Å². The van der Waals surface area contributed by atoms with Crippen LogP contribution in [0.4, 0.5) is 5.95 Å². The van der Waals surface area contributed by atoms with Crippen LogP contribution in [-0.4, -0.2) is 9.38 Å². The third kappa shape index (κ3) is 2.00. The summed E-state index contributed by atoms with van der Waals surface area (Å²) in [6.45, 7) is 1.97. The predicted octanol–water partition coefficient (Wildman–Crippen LogP) is 3.01. The first-order chi connectivity index (χ1) is 9.58. The van der Waals surface area contributed by atoms with Gasteiger partial charge in [-0.1, -0.05) is 40.2 Å². The number of nitrogens with zero attached hydrogens (tertiary/aromatic N) is 2. The average Bonchev–Trinajstić information content (AvgIpc) is 2.40. The Bertz CT molecular complexity index is 871. The van der Waals surface area contributed by atoms with Gasteiger partial charge in [0.2, 0.25) is 5.95 Å². The molecule has 0 radical (unpaired) electrons. The van der Waals surface area contributed by atoms with Crippen molar-refractivity contribution >= 4 is 27.4 Å². The highest BCUT2D eigenvalue weighted by Gasteiger charge is 2.13. The fourth-order valence-electron chi connectivity index (χ4n) is 2.30. The van der Waals surface area contributed by atoms with Gasteiger partial charge in [-0.2, -0.15) is 4.98 Å². The van der Waals surface area contributed by atoms with Crippen LogP contribution in [0.15, 0.2) is 51.9 Å². The second-order valence-corrected chi connectivity index (χ2v) is 5.48. The molecule has 5 heteroatoms. The zero-order chi connectivity index (χ0) is 14.3. The summed E-state index contributed by atoms with van der Waals surface area (Å²) in [5.74, 6) is 0.190. The molecular weight excluding hydrogens is 318 g/mol. The van der Waals surface area contributed by atoms with Crippen molar-refractivity contribution in [3.05, 3.63) is 63.0 Å². The summed E-state index contributed by atoms with van der Waals surface area (Å²) in [5.41, 5.74) is 8.73. The maximum absolute atomic E-state index is 12.3. The Balaban J connectivity index is 2.50. The maximum Gasteiger partial charge on any atom is 0.282 e. The van der Waals surface area contributed by atoms with Crippen molar-refractivity contribution in [1.82, 2.24) is 9.38 Å². The highest BCUT2D eigenvalue weighted by molar-refractivity contribution is 9.10. The molecule has 0 spiro atoms. The molecule has 3 aromatic rings. The number of rotatable bonds is 1. The molecule has 3 rings (SSSR count). The Morgan fingerprint density at radius 2 is 2.00 bits per heavy atom. The van der Waals surface area contributed by atoms with Gasteiger partial charge in [-0.15, -0.1) is 0 Å². The van der Waals surface area contributed by atoms with Crippen molar-refractivity contribution in [2.75, 3.05) is 5.73 Å². The molecule has 2 heterocycles. The van der Waals surface area contributed by atoms with Gasteiger partial charge >= 0.3 is 0 Å². The molecule has 0 fully saturated rings. The van der Waals surface area contributed by atoms with Gasteiger partial charge in [0.25, 0.3) is 5.56 Å². The summed E-state index contributed by atoms with van der Waals surface area (Å²) in [5, 5.41) is 0. The molecule has 100 valence electrons. The SMILES string of the molecule is Cc1ccccc1-c1c(=O)nc(N)n2ccc(Br)cc12. The van der Waals surface area contributed by atoms with E-state index in [1.807, 2.05) is 43.3 Å². The molecule has 2 N–H and O–H groups in total. The first-order valence-electron chi connectivity index (χ1n) is 6.11. The highest BCUT2D eigenvalue weighted by atomic mass is 79.9. The van der Waals surface area contributed by atoms with Crippen LogP contribution in [0.1, 0.15) is 5.56 Å². The Morgan fingerprint density at radius 1 is 1.25 bits per heavy atom. The molecular formula is C15H12BrN3O. The van der Waals surface area contributed by atoms with Gasteiger partial charge in [0.05, 0.1) is 11.1 Å². The molecule has 20 heavy (non-hydrogen) atoms. The minimum atomic E-state index is -0.310. The maximum atomic E-state index is 12.3. The number of halogens is 1. The number of benzene rings is 1. The van der Waals surface area contributed by atoms with E-state index in [9.17, 15) is 4.79 Å². The number of fused-ring (bicyclic) bond motifs is 1. The van der Waals surface area contributed by atoms with Crippen molar-refractivity contribution in [3.63, 3.8) is 0 Å². The van der Waals surface area contributed by atoms with Gasteiger partial charge in [0, 0.05) is 10.7 Å². The third-order valence-corrected chi connectivity index (χ3v) is 3.76. The number of anilines is 1. The fraction of sp³-hybridized carbons (Fsp3) is 0.0667. The zero-order valence-corrected chi connectivity index (χ0v) is 12.4. The summed E-state index contributed by atoms with van der Waals surface area (Å²) in [6.07, 6.45) is 1.79. The van der Waals surface area contributed by atoms with Crippen LogP contribution in [0.25, 0.3) is 16.6 Å². The zero-order valence-electron chi connectivity index (χ0n) is 10.8. The van der Waals surface area contributed by atoms with Crippen LogP contribution in [0.2, 0.25) is 0 Å². The summed E-state index contributed by atoms with van der Waals surface area (Å²) in [4.78, 5) is 16.2. The van der Waals surface area contributed by atoms with Crippen molar-refractivity contribution < 1.29 is 0 Å². The molecule has 0 aliphatic heterocycles. The quantitative estimate of drug-likeness (QED) is 0.746. The molecule has 0 saturated heterocycles. The third-order valence-electron chi connectivity index (χ3n) is 3.26. The molecule has 4 nitrogen and oxygen atoms in total. The van der Waals surface area contributed by atoms with Crippen LogP contribution in [-0.2, 0) is 0 Å². The standard InChI is InChI=1S/C15H12BrN3O/c1-9-4-2-3-5-11(9)13-12-8-10(16)6-7-19(12)15(17)18-14(13)20/h2-8H,1H3,(H2,17,18,20). The predicted molar refractivity (Wildman–Crippen MR) is 83.7 cm³/mol. The molecule has 1 aromatic carbocycles. The Labute approximate surface area is 124 Å². The van der Waals surface area contributed by atoms with Crippen molar-refractivity contribution in [2.24, 2.45) is 0 Å². The van der Waals surface area contributed by atoms with Crippen molar-refractivity contribution in [3.8, 4) is 11.1 Å². The lowest BCUT2D eigenvalue weighted by molar-refractivity contribution is 1.07. The van der Waals surface area contributed by atoms with Gasteiger partial charge in [-0.3, -0.25) is 9.20 Å². The topological polar surface area (TPSA) is 60.4 Å². The van der Waals surface area contributed by atoms with E-state index in [4.69, 9.17) is 5.73 Å². The summed E-state index contributed by atoms with van der Waals surface area (Å²) >= 11 is 3.43. The number of hydrogen-bond donors (Lipinski definition) is 1. The lowest BCUT2D eigenvalue weighted by Gasteiger charge is -2.11. The summed E-state index contributed by atoms with van der Waals surface area (Å²) in [6, 6.07) is 11.5. The average molecular weight is 330 g/mol. The molecule has 0 aliphatic carbocycles. The number of aryl methyl sites for hydroxylation is 1. The van der Waals surface area contributed by atoms with E-state index in [1.165, 1.54) is 0 Å². The Kier molecular flexibility index (Phi) is 3.06. The molecule has 0 aliphatic rings.